The highest BCUT2D eigenvalue weighted by Crippen LogP contribution is 2.45. The van der Waals surface area contributed by atoms with E-state index < -0.39 is 5.72 Å². The molecule has 0 bridgehead atoms. The van der Waals surface area contributed by atoms with E-state index in [0.717, 1.165) is 50.0 Å². The second-order valence-corrected chi connectivity index (χ2v) is 10.3. The molecule has 6 heterocycles. The number of fused-ring (bicyclic) bond motifs is 2. The maximum absolute atomic E-state index is 7.37. The van der Waals surface area contributed by atoms with Crippen molar-refractivity contribution in [2.75, 3.05) is 13.2 Å². The van der Waals surface area contributed by atoms with E-state index in [1.165, 1.54) is 0 Å². The Hall–Kier alpha value is -4.71. The highest BCUT2D eigenvalue weighted by atomic mass is 16.5. The van der Waals surface area contributed by atoms with E-state index >= 15 is 0 Å². The van der Waals surface area contributed by atoms with Gasteiger partial charge in [0.2, 0.25) is 0 Å². The Bertz CT molecular complexity index is 1940. The average molecular weight is 499 g/mol. The Kier molecular flexibility index (Phi) is 3.85. The Morgan fingerprint density at radius 3 is 1.63 bits per heavy atom. The molecule has 6 heteroatoms. The first kappa shape index (κ1) is 20.4. The molecule has 0 radical (unpaired) electrons. The molecule has 3 aliphatic rings. The predicted octanol–water partition coefficient (Wildman–Crippen LogP) is 4.32. The number of benzene rings is 3. The minimum atomic E-state index is -0.883. The van der Waals surface area contributed by atoms with Gasteiger partial charge in [-0.05, 0) is 54.6 Å². The molecular weight excluding hydrogens is 474 g/mol. The molecule has 0 aliphatic carbocycles. The molecule has 0 saturated heterocycles. The molecule has 2 unspecified atom stereocenters. The Labute approximate surface area is 218 Å². The number of rotatable bonds is 0. The molecule has 0 N–H and O–H groups in total. The summed E-state index contributed by atoms with van der Waals surface area (Å²) in [6, 6.07) is 31.2. The highest BCUT2D eigenvalue weighted by Gasteiger charge is 2.72. The first-order valence-electron chi connectivity index (χ1n) is 13.1. The number of para-hydroxylation sites is 3. The number of hydrogen-bond acceptors (Lipinski definition) is 3. The van der Waals surface area contributed by atoms with Crippen molar-refractivity contribution in [3.63, 3.8) is 0 Å². The zero-order chi connectivity index (χ0) is 24.8. The lowest BCUT2D eigenvalue weighted by molar-refractivity contribution is -0.911. The third-order valence-electron chi connectivity index (χ3n) is 8.47. The standard InChI is InChI=1S/C32H24N3O3/c1-7-21-10-4-16-33-27-20-37-25-14-2-9-23-12-6-18-35(31(23)25)32(27)28(19-36-24(13-1)29(21)33)34-17-5-11-22-8-3-15-26(38-32)30(22)34/h1-18,27-28H,19-20H2/q+3/t27-,28?,32?/m0/s1. The summed E-state index contributed by atoms with van der Waals surface area (Å²) in [7, 11) is 0. The molecule has 0 fully saturated rings. The summed E-state index contributed by atoms with van der Waals surface area (Å²) < 4.78 is 27.7. The van der Waals surface area contributed by atoms with E-state index in [2.05, 4.69) is 123 Å². The third kappa shape index (κ3) is 2.45. The average Bonchev–Trinajstić information content (AvgIpc) is 3.08. The van der Waals surface area contributed by atoms with Gasteiger partial charge < -0.3 is 14.2 Å². The number of ether oxygens (including phenoxy) is 3. The van der Waals surface area contributed by atoms with Gasteiger partial charge in [-0.2, -0.15) is 9.13 Å². The minimum Gasteiger partial charge on any atom is -0.479 e. The molecular formula is C32H24N3O3+3. The van der Waals surface area contributed by atoms with Crippen molar-refractivity contribution < 1.29 is 27.9 Å². The van der Waals surface area contributed by atoms with Crippen LogP contribution in [0.15, 0.2) is 110 Å². The van der Waals surface area contributed by atoms with Crippen LogP contribution in [0.4, 0.5) is 0 Å². The fourth-order valence-corrected chi connectivity index (χ4v) is 6.93. The van der Waals surface area contributed by atoms with Crippen molar-refractivity contribution in [3.8, 4) is 17.2 Å². The lowest BCUT2D eigenvalue weighted by Gasteiger charge is -2.37. The Morgan fingerprint density at radius 2 is 1.00 bits per heavy atom. The molecule has 3 aromatic heterocycles. The van der Waals surface area contributed by atoms with Crippen LogP contribution in [0.5, 0.6) is 17.2 Å². The van der Waals surface area contributed by atoms with Crippen molar-refractivity contribution >= 4 is 32.7 Å². The topological polar surface area (TPSA) is 39.3 Å². The van der Waals surface area contributed by atoms with Crippen LogP contribution >= 0.6 is 0 Å². The van der Waals surface area contributed by atoms with Crippen LogP contribution in [-0.4, -0.2) is 13.2 Å². The Balaban J connectivity index is 1.46. The summed E-state index contributed by atoms with van der Waals surface area (Å²) in [6.07, 6.45) is 6.45. The molecule has 3 aromatic carbocycles. The molecule has 0 amide bonds. The van der Waals surface area contributed by atoms with E-state index in [1.54, 1.807) is 0 Å². The summed E-state index contributed by atoms with van der Waals surface area (Å²) in [5.41, 5.74) is 2.27. The summed E-state index contributed by atoms with van der Waals surface area (Å²) >= 11 is 0. The van der Waals surface area contributed by atoms with E-state index in [-0.39, 0.29) is 12.1 Å². The normalized spacial score (nSPS) is 22.7. The monoisotopic (exact) mass is 498 g/mol. The van der Waals surface area contributed by atoms with Crippen LogP contribution in [0.1, 0.15) is 12.1 Å². The molecule has 3 aliphatic heterocycles. The zero-order valence-electron chi connectivity index (χ0n) is 20.5. The van der Waals surface area contributed by atoms with Crippen LogP contribution < -0.4 is 27.9 Å². The molecule has 3 atom stereocenters. The van der Waals surface area contributed by atoms with Gasteiger partial charge in [0.15, 0.2) is 49.1 Å². The van der Waals surface area contributed by atoms with Crippen molar-refractivity contribution in [2.24, 2.45) is 0 Å². The van der Waals surface area contributed by atoms with Crippen LogP contribution in [0, 0.1) is 0 Å². The fraction of sp³-hybridized carbons (Fsp3) is 0.156. The summed E-state index contributed by atoms with van der Waals surface area (Å²) in [5.74, 6) is 2.58. The van der Waals surface area contributed by atoms with Gasteiger partial charge in [-0.3, -0.25) is 0 Å². The SMILES string of the molecule is c1cc2c3c(c1)ccc[n+]3C1COc3cccc4ccc[n+](c34)[C@H]3COc4cccc5ccc[n+](c45)C13O2. The Morgan fingerprint density at radius 1 is 0.526 bits per heavy atom. The van der Waals surface area contributed by atoms with E-state index in [0.29, 0.717) is 13.2 Å². The summed E-state index contributed by atoms with van der Waals surface area (Å²) in [4.78, 5) is 0. The van der Waals surface area contributed by atoms with E-state index in [9.17, 15) is 0 Å². The highest BCUT2D eigenvalue weighted by molar-refractivity contribution is 5.83. The fourth-order valence-electron chi connectivity index (χ4n) is 6.93. The van der Waals surface area contributed by atoms with Crippen LogP contribution in [0.3, 0.4) is 0 Å². The van der Waals surface area contributed by atoms with Gasteiger partial charge in [0.25, 0.3) is 16.6 Å². The lowest BCUT2D eigenvalue weighted by atomic mass is 9.90. The zero-order valence-corrected chi connectivity index (χ0v) is 20.5. The van der Waals surface area contributed by atoms with Crippen LogP contribution in [-0.2, 0) is 5.72 Å². The second-order valence-electron chi connectivity index (χ2n) is 10.3. The van der Waals surface area contributed by atoms with Gasteiger partial charge in [-0.1, -0.05) is 18.2 Å². The number of nitrogens with zero attached hydrogens (tertiary/aromatic N) is 3. The predicted molar refractivity (Wildman–Crippen MR) is 140 cm³/mol. The molecule has 6 nitrogen and oxygen atoms in total. The summed E-state index contributed by atoms with van der Waals surface area (Å²) in [6.45, 7) is 0.877. The smallest absolute Gasteiger partial charge is 0.445 e. The number of pyridine rings is 3. The van der Waals surface area contributed by atoms with Crippen molar-refractivity contribution in [1.82, 2.24) is 0 Å². The lowest BCUT2D eigenvalue weighted by Crippen LogP contribution is -2.78. The van der Waals surface area contributed by atoms with Crippen molar-refractivity contribution in [1.29, 1.82) is 0 Å². The van der Waals surface area contributed by atoms with Gasteiger partial charge in [-0.15, -0.1) is 4.57 Å². The van der Waals surface area contributed by atoms with E-state index in [1.807, 2.05) is 0 Å². The van der Waals surface area contributed by atoms with Gasteiger partial charge in [0.05, 0.1) is 16.2 Å². The molecule has 38 heavy (non-hydrogen) atoms. The molecule has 6 aromatic rings. The molecule has 9 rings (SSSR count). The largest absolute Gasteiger partial charge is 0.479 e. The summed E-state index contributed by atoms with van der Waals surface area (Å²) in [5, 5.41) is 3.37. The van der Waals surface area contributed by atoms with Crippen molar-refractivity contribution in [3.05, 3.63) is 110 Å². The number of aromatic nitrogens is 3. The first-order valence-corrected chi connectivity index (χ1v) is 13.1. The second kappa shape index (κ2) is 7.19. The van der Waals surface area contributed by atoms with E-state index in [4.69, 9.17) is 14.2 Å². The minimum absolute atomic E-state index is 0.187. The molecule has 0 saturated carbocycles. The van der Waals surface area contributed by atoms with Gasteiger partial charge in [0.1, 0.15) is 0 Å². The van der Waals surface area contributed by atoms with Gasteiger partial charge >= 0.3 is 17.8 Å². The van der Waals surface area contributed by atoms with Gasteiger partial charge in [0, 0.05) is 18.2 Å². The first-order chi connectivity index (χ1) is 18.8. The van der Waals surface area contributed by atoms with Crippen LogP contribution in [0.25, 0.3) is 32.7 Å². The van der Waals surface area contributed by atoms with Crippen molar-refractivity contribution in [2.45, 2.75) is 17.8 Å². The molecule has 1 spiro atoms. The maximum atomic E-state index is 7.37. The third-order valence-corrected chi connectivity index (χ3v) is 8.47. The van der Waals surface area contributed by atoms with Gasteiger partial charge in [-0.25, -0.2) is 0 Å². The van der Waals surface area contributed by atoms with Crippen LogP contribution in [0.2, 0.25) is 0 Å². The number of hydrogen-bond donors (Lipinski definition) is 0. The maximum Gasteiger partial charge on any atom is 0.445 e. The molecule has 182 valence electrons. The quantitative estimate of drug-likeness (QED) is 0.293.